The number of nitrogens with zero attached hydrogens (tertiary/aromatic N) is 2. The number of thioether (sulfide) groups is 1. The minimum absolute atomic E-state index is 0.0581. The van der Waals surface area contributed by atoms with Gasteiger partial charge in [0.2, 0.25) is 17.7 Å². The number of amides is 4. The number of fused-ring (bicyclic) bond motifs is 2. The summed E-state index contributed by atoms with van der Waals surface area (Å²) in [5.74, 6) is -0.0879. The lowest BCUT2D eigenvalue weighted by Gasteiger charge is -2.41. The van der Waals surface area contributed by atoms with E-state index in [2.05, 4.69) is 22.8 Å². The third kappa shape index (κ3) is 6.88. The van der Waals surface area contributed by atoms with E-state index in [9.17, 15) is 19.2 Å². The van der Waals surface area contributed by atoms with Gasteiger partial charge < -0.3 is 20.3 Å². The number of hydrogen-bond acceptors (Lipinski definition) is 6. The Morgan fingerprint density at radius 3 is 2.54 bits per heavy atom. The van der Waals surface area contributed by atoms with Crippen molar-refractivity contribution in [3.8, 4) is 0 Å². The normalized spacial score (nSPS) is 25.9. The van der Waals surface area contributed by atoms with Crippen LogP contribution in [0.25, 0.3) is 0 Å². The first kappa shape index (κ1) is 29.2. The molecule has 2 saturated heterocycles. The molecule has 2 aliphatic heterocycles. The van der Waals surface area contributed by atoms with Crippen LogP contribution in [0.15, 0.2) is 24.3 Å². The molecular formula is C29H42N4O5S. The maximum absolute atomic E-state index is 13.8. The Labute approximate surface area is 235 Å². The lowest BCUT2D eigenvalue weighted by Crippen LogP contribution is -2.60. The summed E-state index contributed by atoms with van der Waals surface area (Å²) in [6.07, 6.45) is 5.06. The molecule has 4 amide bonds. The first-order chi connectivity index (χ1) is 18.5. The third-order valence-corrected chi connectivity index (χ3v) is 9.11. The molecule has 0 aromatic heterocycles. The number of carbonyl (C=O) groups excluding carboxylic acids is 4. The van der Waals surface area contributed by atoms with E-state index in [1.165, 1.54) is 17.5 Å². The molecule has 39 heavy (non-hydrogen) atoms. The Balaban J connectivity index is 1.45. The quantitative estimate of drug-likeness (QED) is 0.570. The van der Waals surface area contributed by atoms with Crippen molar-refractivity contribution in [2.24, 2.45) is 0 Å². The van der Waals surface area contributed by atoms with E-state index in [4.69, 9.17) is 4.74 Å². The lowest BCUT2D eigenvalue weighted by molar-refractivity contribution is -0.146. The van der Waals surface area contributed by atoms with Crippen LogP contribution in [0.4, 0.5) is 4.79 Å². The highest BCUT2D eigenvalue weighted by molar-refractivity contribution is 7.99. The van der Waals surface area contributed by atoms with Gasteiger partial charge >= 0.3 is 6.09 Å². The van der Waals surface area contributed by atoms with Crippen molar-refractivity contribution in [2.75, 3.05) is 12.8 Å². The maximum atomic E-state index is 13.8. The fourth-order valence-electron chi connectivity index (χ4n) is 5.57. The summed E-state index contributed by atoms with van der Waals surface area (Å²) in [6, 6.07) is 6.02. The van der Waals surface area contributed by atoms with Crippen molar-refractivity contribution in [1.82, 2.24) is 20.4 Å². The number of benzene rings is 1. The largest absolute Gasteiger partial charge is 0.444 e. The van der Waals surface area contributed by atoms with Crippen LogP contribution in [0.3, 0.4) is 0 Å². The topological polar surface area (TPSA) is 108 Å². The average molecular weight is 559 g/mol. The van der Waals surface area contributed by atoms with Crippen LogP contribution in [-0.2, 0) is 25.5 Å². The van der Waals surface area contributed by atoms with Crippen molar-refractivity contribution in [2.45, 2.75) is 108 Å². The van der Waals surface area contributed by atoms with Crippen LogP contribution in [-0.4, -0.2) is 75.5 Å². The van der Waals surface area contributed by atoms with E-state index in [-0.39, 0.29) is 23.2 Å². The first-order valence-electron chi connectivity index (χ1n) is 14.0. The number of piperidine rings is 1. The summed E-state index contributed by atoms with van der Waals surface area (Å²) < 4.78 is 5.38. The van der Waals surface area contributed by atoms with Crippen LogP contribution in [0.5, 0.6) is 0 Å². The van der Waals surface area contributed by atoms with Gasteiger partial charge in [-0.2, -0.15) is 0 Å². The van der Waals surface area contributed by atoms with Gasteiger partial charge in [0.15, 0.2) is 0 Å². The van der Waals surface area contributed by atoms with Crippen molar-refractivity contribution in [1.29, 1.82) is 0 Å². The summed E-state index contributed by atoms with van der Waals surface area (Å²) in [6.45, 7) is 6.90. The second kappa shape index (κ2) is 12.2. The van der Waals surface area contributed by atoms with Gasteiger partial charge in [0.25, 0.3) is 0 Å². The molecule has 3 aliphatic rings. The van der Waals surface area contributed by atoms with Gasteiger partial charge in [-0.25, -0.2) is 4.79 Å². The standard InChI is InChI=1S/C29H42N4O5S/c1-18(32(5)28(37)38-29(2,3)4)25(34)31-22-16-17-39-24-15-9-14-23(33(24)27(22)36)26(35)30-21-13-8-11-19-10-6-7-12-20(19)21/h6-7,10,12,18,21-24H,8-9,11,13-17H2,1-5H3,(H,30,35)(H,31,34)/t18-,21+,22-,23+,24-/m0/s1. The van der Waals surface area contributed by atoms with Crippen molar-refractivity contribution in [3.05, 3.63) is 35.4 Å². The Bertz CT molecular complexity index is 1090. The van der Waals surface area contributed by atoms with Gasteiger partial charge in [-0.05, 0) is 89.5 Å². The monoisotopic (exact) mass is 558 g/mol. The van der Waals surface area contributed by atoms with Gasteiger partial charge in [-0.1, -0.05) is 24.3 Å². The molecule has 0 bridgehead atoms. The fourth-order valence-corrected chi connectivity index (χ4v) is 6.96. The minimum atomic E-state index is -0.828. The molecule has 1 aromatic carbocycles. The number of rotatable bonds is 5. The zero-order valence-corrected chi connectivity index (χ0v) is 24.5. The fraction of sp³-hybridized carbons (Fsp3) is 0.655. The van der Waals surface area contributed by atoms with Crippen molar-refractivity contribution in [3.63, 3.8) is 0 Å². The van der Waals surface area contributed by atoms with Crippen LogP contribution in [0, 0.1) is 0 Å². The highest BCUT2D eigenvalue weighted by Crippen LogP contribution is 2.35. The molecule has 214 valence electrons. The van der Waals surface area contributed by atoms with Gasteiger partial charge in [0.1, 0.15) is 23.7 Å². The third-order valence-electron chi connectivity index (χ3n) is 7.79. The number of nitrogens with one attached hydrogen (secondary N) is 2. The first-order valence-corrected chi connectivity index (χ1v) is 15.1. The van der Waals surface area contributed by atoms with Crippen LogP contribution >= 0.6 is 11.8 Å². The molecule has 0 unspecified atom stereocenters. The molecule has 1 aliphatic carbocycles. The SMILES string of the molecule is C[C@@H](C(=O)N[C@H]1CCS[C@H]2CCC[C@H](C(=O)N[C@@H]3CCCc4ccccc43)N2C1=O)N(C)C(=O)OC(C)(C)C. The van der Waals surface area contributed by atoms with Gasteiger partial charge in [-0.3, -0.25) is 19.3 Å². The number of likely N-dealkylation sites (N-methyl/N-ethyl adjacent to an activating group) is 1. The van der Waals surface area contributed by atoms with Crippen molar-refractivity contribution >= 4 is 35.6 Å². The Kier molecular flexibility index (Phi) is 9.14. The molecule has 5 atom stereocenters. The Morgan fingerprint density at radius 1 is 1.05 bits per heavy atom. The molecule has 4 rings (SSSR count). The zero-order chi connectivity index (χ0) is 28.3. The van der Waals surface area contributed by atoms with E-state index in [0.717, 1.165) is 37.7 Å². The molecule has 1 aromatic rings. The van der Waals surface area contributed by atoms with E-state index in [0.29, 0.717) is 18.6 Å². The summed E-state index contributed by atoms with van der Waals surface area (Å²) in [5.41, 5.74) is 1.74. The van der Waals surface area contributed by atoms with Gasteiger partial charge in [-0.15, -0.1) is 11.8 Å². The Hall–Kier alpha value is -2.75. The Morgan fingerprint density at radius 2 is 1.79 bits per heavy atom. The van der Waals surface area contributed by atoms with Gasteiger partial charge in [0, 0.05) is 7.05 Å². The molecular weight excluding hydrogens is 516 g/mol. The molecule has 0 spiro atoms. The number of ether oxygens (including phenoxy) is 1. The zero-order valence-electron chi connectivity index (χ0n) is 23.7. The van der Waals surface area contributed by atoms with Crippen LogP contribution < -0.4 is 10.6 Å². The smallest absolute Gasteiger partial charge is 0.410 e. The predicted octanol–water partition coefficient (Wildman–Crippen LogP) is 3.76. The summed E-state index contributed by atoms with van der Waals surface area (Å²) in [7, 11) is 1.51. The number of carbonyl (C=O) groups is 4. The number of hydrogen-bond donors (Lipinski definition) is 2. The summed E-state index contributed by atoms with van der Waals surface area (Å²) in [5, 5.41) is 6.03. The molecule has 9 nitrogen and oxygen atoms in total. The van der Waals surface area contributed by atoms with E-state index >= 15 is 0 Å². The summed E-state index contributed by atoms with van der Waals surface area (Å²) in [4.78, 5) is 56.0. The van der Waals surface area contributed by atoms with E-state index in [1.807, 2.05) is 12.1 Å². The summed E-state index contributed by atoms with van der Waals surface area (Å²) >= 11 is 1.67. The predicted molar refractivity (Wildman–Crippen MR) is 151 cm³/mol. The van der Waals surface area contributed by atoms with Crippen molar-refractivity contribution < 1.29 is 23.9 Å². The molecule has 2 fully saturated rings. The maximum Gasteiger partial charge on any atom is 0.410 e. The van der Waals surface area contributed by atoms with Crippen LogP contribution in [0.2, 0.25) is 0 Å². The second-order valence-corrected chi connectivity index (χ2v) is 13.1. The van der Waals surface area contributed by atoms with E-state index in [1.54, 1.807) is 44.4 Å². The molecule has 10 heteroatoms. The lowest BCUT2D eigenvalue weighted by atomic mass is 9.87. The highest BCUT2D eigenvalue weighted by atomic mass is 32.2. The number of aryl methyl sites for hydroxylation is 1. The second-order valence-electron chi connectivity index (χ2n) is 11.8. The molecule has 0 radical (unpaired) electrons. The van der Waals surface area contributed by atoms with Crippen LogP contribution in [0.1, 0.15) is 83.4 Å². The minimum Gasteiger partial charge on any atom is -0.444 e. The highest BCUT2D eigenvalue weighted by Gasteiger charge is 2.44. The van der Waals surface area contributed by atoms with E-state index < -0.39 is 35.7 Å². The molecule has 2 N–H and O–H groups in total. The molecule has 2 heterocycles. The molecule has 0 saturated carbocycles. The van der Waals surface area contributed by atoms with Gasteiger partial charge in [0.05, 0.1) is 11.4 Å². The average Bonchev–Trinajstić information content (AvgIpc) is 3.05.